The molecule has 1 heterocycles. The van der Waals surface area contributed by atoms with Gasteiger partial charge in [-0.3, -0.25) is 4.79 Å². The van der Waals surface area contributed by atoms with Gasteiger partial charge in [-0.2, -0.15) is 0 Å². The molecule has 0 saturated heterocycles. The lowest BCUT2D eigenvalue weighted by atomic mass is 10.1. The molecule has 0 saturated carbocycles. The highest BCUT2D eigenvalue weighted by atomic mass is 79.9. The number of nitrogens with zero attached hydrogens (tertiary/aromatic N) is 1. The molecule has 1 amide bonds. The third kappa shape index (κ3) is 4.55. The topological polar surface area (TPSA) is 51.2 Å². The van der Waals surface area contributed by atoms with Crippen LogP contribution in [-0.2, 0) is 0 Å². The summed E-state index contributed by atoms with van der Waals surface area (Å²) in [5.41, 5.74) is 4.49. The molecular formula is C24H21BrN2O2S. The van der Waals surface area contributed by atoms with Crippen LogP contribution in [0.25, 0.3) is 20.8 Å². The molecule has 0 radical (unpaired) electrons. The largest absolute Gasteiger partial charge is 0.493 e. The van der Waals surface area contributed by atoms with Crippen molar-refractivity contribution < 1.29 is 9.53 Å². The number of aromatic nitrogens is 1. The maximum atomic E-state index is 12.8. The summed E-state index contributed by atoms with van der Waals surface area (Å²) in [6.45, 7) is 4.69. The van der Waals surface area contributed by atoms with E-state index in [1.807, 2.05) is 43.3 Å². The molecule has 0 aliphatic heterocycles. The zero-order chi connectivity index (χ0) is 21.1. The highest BCUT2D eigenvalue weighted by molar-refractivity contribution is 9.10. The lowest BCUT2D eigenvalue weighted by molar-refractivity contribution is 0.102. The van der Waals surface area contributed by atoms with Crippen LogP contribution in [0.2, 0.25) is 0 Å². The quantitative estimate of drug-likeness (QED) is 0.320. The number of aryl methyl sites for hydroxylation is 1. The second kappa shape index (κ2) is 8.98. The Morgan fingerprint density at radius 3 is 2.67 bits per heavy atom. The fraction of sp³-hybridized carbons (Fsp3) is 0.167. The number of ether oxygens (including phenoxy) is 1. The normalized spacial score (nSPS) is 10.9. The predicted molar refractivity (Wildman–Crippen MR) is 128 cm³/mol. The minimum absolute atomic E-state index is 0.203. The number of amides is 1. The van der Waals surface area contributed by atoms with Gasteiger partial charge in [-0.25, -0.2) is 4.98 Å². The average molecular weight is 481 g/mol. The van der Waals surface area contributed by atoms with Gasteiger partial charge >= 0.3 is 0 Å². The lowest BCUT2D eigenvalue weighted by Crippen LogP contribution is -2.14. The van der Waals surface area contributed by atoms with Gasteiger partial charge in [0.1, 0.15) is 10.8 Å². The molecule has 1 N–H and O–H groups in total. The van der Waals surface area contributed by atoms with E-state index in [9.17, 15) is 4.79 Å². The molecule has 4 nitrogen and oxygen atoms in total. The summed E-state index contributed by atoms with van der Waals surface area (Å²) in [6.07, 6.45) is 0.879. The van der Waals surface area contributed by atoms with Gasteiger partial charge < -0.3 is 10.1 Å². The van der Waals surface area contributed by atoms with Crippen molar-refractivity contribution in [2.24, 2.45) is 0 Å². The number of hydrogen-bond donors (Lipinski definition) is 1. The van der Waals surface area contributed by atoms with Crippen molar-refractivity contribution in [1.82, 2.24) is 4.98 Å². The summed E-state index contributed by atoms with van der Waals surface area (Å²) in [4.78, 5) is 17.6. The van der Waals surface area contributed by atoms with Crippen molar-refractivity contribution >= 4 is 49.1 Å². The molecule has 0 aliphatic carbocycles. The fourth-order valence-corrected chi connectivity index (χ4v) is 4.50. The molecule has 0 aliphatic rings. The fourth-order valence-electron chi connectivity index (χ4n) is 3.07. The molecule has 6 heteroatoms. The van der Waals surface area contributed by atoms with E-state index in [2.05, 4.69) is 46.4 Å². The molecule has 4 rings (SSSR count). The molecule has 0 spiro atoms. The number of halogens is 1. The lowest BCUT2D eigenvalue weighted by Gasteiger charge is -2.12. The maximum Gasteiger partial charge on any atom is 0.259 e. The Labute approximate surface area is 188 Å². The van der Waals surface area contributed by atoms with Gasteiger partial charge in [0.2, 0.25) is 0 Å². The Balaban J connectivity index is 1.53. The third-order valence-electron chi connectivity index (χ3n) is 4.58. The number of hydrogen-bond acceptors (Lipinski definition) is 4. The van der Waals surface area contributed by atoms with Gasteiger partial charge in [0.05, 0.1) is 22.4 Å². The van der Waals surface area contributed by atoms with Crippen LogP contribution < -0.4 is 10.1 Å². The Hall–Kier alpha value is -2.70. The number of carbonyl (C=O) groups excluding carboxylic acids is 1. The van der Waals surface area contributed by atoms with Gasteiger partial charge in [-0.05, 0) is 73.5 Å². The first-order valence-electron chi connectivity index (χ1n) is 9.75. The Morgan fingerprint density at radius 1 is 1.10 bits per heavy atom. The van der Waals surface area contributed by atoms with E-state index < -0.39 is 0 Å². The van der Waals surface area contributed by atoms with Crippen molar-refractivity contribution in [2.45, 2.75) is 20.3 Å². The third-order valence-corrected chi connectivity index (χ3v) is 6.14. The zero-order valence-electron chi connectivity index (χ0n) is 16.7. The van der Waals surface area contributed by atoms with Crippen LogP contribution in [0.5, 0.6) is 5.75 Å². The molecule has 0 fully saturated rings. The van der Waals surface area contributed by atoms with Crippen LogP contribution in [0.3, 0.4) is 0 Å². The zero-order valence-corrected chi connectivity index (χ0v) is 19.1. The van der Waals surface area contributed by atoms with E-state index in [-0.39, 0.29) is 5.91 Å². The minimum atomic E-state index is -0.203. The average Bonchev–Trinajstić information content (AvgIpc) is 3.16. The monoisotopic (exact) mass is 480 g/mol. The highest BCUT2D eigenvalue weighted by Gasteiger charge is 2.14. The van der Waals surface area contributed by atoms with Crippen molar-refractivity contribution in [3.63, 3.8) is 0 Å². The molecule has 0 unspecified atom stereocenters. The van der Waals surface area contributed by atoms with E-state index in [0.29, 0.717) is 17.9 Å². The van der Waals surface area contributed by atoms with Crippen LogP contribution in [0.15, 0.2) is 65.1 Å². The molecule has 1 aromatic heterocycles. The number of benzene rings is 3. The highest BCUT2D eigenvalue weighted by Crippen LogP contribution is 2.31. The van der Waals surface area contributed by atoms with Crippen LogP contribution in [0, 0.1) is 6.92 Å². The summed E-state index contributed by atoms with van der Waals surface area (Å²) in [5, 5.41) is 3.93. The van der Waals surface area contributed by atoms with Crippen molar-refractivity contribution in [2.75, 3.05) is 11.9 Å². The van der Waals surface area contributed by atoms with Crippen LogP contribution in [0.4, 0.5) is 5.69 Å². The van der Waals surface area contributed by atoms with Crippen LogP contribution in [-0.4, -0.2) is 17.5 Å². The van der Waals surface area contributed by atoms with Gasteiger partial charge in [0, 0.05) is 15.7 Å². The first-order chi connectivity index (χ1) is 14.5. The second-order valence-electron chi connectivity index (χ2n) is 7.01. The smallest absolute Gasteiger partial charge is 0.259 e. The first-order valence-corrected chi connectivity index (χ1v) is 11.4. The number of fused-ring (bicyclic) bond motifs is 1. The van der Waals surface area contributed by atoms with E-state index in [0.717, 1.165) is 32.7 Å². The standard InChI is InChI=1S/C24H21BrN2O2S/c1-3-12-29-21-11-7-17(25)14-19(21)23(28)26-18-8-5-16(6-9-18)24-27-20-10-4-15(2)13-22(20)30-24/h4-11,13-14H,3,12H2,1-2H3,(H,26,28). The molecule has 4 aromatic rings. The SMILES string of the molecule is CCCOc1ccc(Br)cc1C(=O)Nc1ccc(-c2nc3ccc(C)cc3s2)cc1. The number of carbonyl (C=O) groups is 1. The number of rotatable bonds is 6. The second-order valence-corrected chi connectivity index (χ2v) is 8.96. The number of thiazole rings is 1. The first kappa shape index (κ1) is 20.6. The predicted octanol–water partition coefficient (Wildman–Crippen LogP) is 7.08. The van der Waals surface area contributed by atoms with Gasteiger partial charge in [0.15, 0.2) is 0 Å². The van der Waals surface area contributed by atoms with Crippen LogP contribution >= 0.6 is 27.3 Å². The summed E-state index contributed by atoms with van der Waals surface area (Å²) >= 11 is 5.10. The van der Waals surface area contributed by atoms with E-state index >= 15 is 0 Å². The van der Waals surface area contributed by atoms with Gasteiger partial charge in [0.25, 0.3) is 5.91 Å². The van der Waals surface area contributed by atoms with Crippen LogP contribution in [0.1, 0.15) is 29.3 Å². The molecule has 0 atom stereocenters. The summed E-state index contributed by atoms with van der Waals surface area (Å²) in [6, 6.07) is 19.5. The Kier molecular flexibility index (Phi) is 6.16. The molecular weight excluding hydrogens is 460 g/mol. The minimum Gasteiger partial charge on any atom is -0.493 e. The maximum absolute atomic E-state index is 12.8. The Bertz CT molecular complexity index is 1200. The Morgan fingerprint density at radius 2 is 1.90 bits per heavy atom. The van der Waals surface area contributed by atoms with E-state index in [1.165, 1.54) is 10.3 Å². The molecule has 3 aromatic carbocycles. The molecule has 0 bridgehead atoms. The van der Waals surface area contributed by atoms with E-state index in [4.69, 9.17) is 9.72 Å². The van der Waals surface area contributed by atoms with E-state index in [1.54, 1.807) is 17.4 Å². The number of nitrogens with one attached hydrogen (secondary N) is 1. The number of anilines is 1. The van der Waals surface area contributed by atoms with Crippen molar-refractivity contribution in [1.29, 1.82) is 0 Å². The summed E-state index contributed by atoms with van der Waals surface area (Å²) < 4.78 is 7.73. The van der Waals surface area contributed by atoms with Crippen molar-refractivity contribution in [3.05, 3.63) is 76.3 Å². The molecule has 152 valence electrons. The summed E-state index contributed by atoms with van der Waals surface area (Å²) in [7, 11) is 0. The molecule has 30 heavy (non-hydrogen) atoms. The van der Waals surface area contributed by atoms with Gasteiger partial charge in [-0.1, -0.05) is 28.9 Å². The summed E-state index contributed by atoms with van der Waals surface area (Å²) in [5.74, 6) is 0.379. The van der Waals surface area contributed by atoms with Crippen molar-refractivity contribution in [3.8, 4) is 16.3 Å². The van der Waals surface area contributed by atoms with Gasteiger partial charge in [-0.15, -0.1) is 11.3 Å².